The molecule has 0 aliphatic carbocycles. The van der Waals surface area contributed by atoms with Gasteiger partial charge in [-0.25, -0.2) is 4.98 Å². The predicted molar refractivity (Wildman–Crippen MR) is 90.5 cm³/mol. The molecule has 0 saturated heterocycles. The minimum atomic E-state index is 0.490. The molecule has 3 heteroatoms. The Balaban J connectivity index is 2.04. The van der Waals surface area contributed by atoms with Gasteiger partial charge in [0.15, 0.2) is 0 Å². The summed E-state index contributed by atoms with van der Waals surface area (Å²) < 4.78 is 2.20. The summed E-state index contributed by atoms with van der Waals surface area (Å²) in [5, 5.41) is 2.37. The zero-order chi connectivity index (χ0) is 15.1. The van der Waals surface area contributed by atoms with Crippen LogP contribution in [0.1, 0.15) is 25.3 Å². The lowest BCUT2D eigenvalue weighted by molar-refractivity contribution is 0.854. The number of hydrogen-bond acceptors (Lipinski definition) is 2. The van der Waals surface area contributed by atoms with Gasteiger partial charge in [0.05, 0.1) is 11.0 Å². The minimum absolute atomic E-state index is 0.490. The molecular weight excluding hydrogens is 270 g/mol. The van der Waals surface area contributed by atoms with Crippen LogP contribution >= 0.6 is 0 Å². The second-order valence-electron chi connectivity index (χ2n) is 5.85. The fraction of sp³-hybridized carbons (Fsp3) is 0.158. The number of hydrogen-bond donors (Lipinski definition) is 0. The SMILES string of the molecule is CC(C)c1ccc(-n2c3ccccc3c3cnccc32)nc1. The smallest absolute Gasteiger partial charge is 0.137 e. The lowest BCUT2D eigenvalue weighted by Crippen LogP contribution is -1.98. The summed E-state index contributed by atoms with van der Waals surface area (Å²) in [6.07, 6.45) is 5.73. The Bertz CT molecular complexity index is 896. The van der Waals surface area contributed by atoms with Gasteiger partial charge in [-0.1, -0.05) is 38.1 Å². The van der Waals surface area contributed by atoms with Crippen LogP contribution in [0.2, 0.25) is 0 Å². The lowest BCUT2D eigenvalue weighted by atomic mass is 10.1. The molecule has 22 heavy (non-hydrogen) atoms. The summed E-state index contributed by atoms with van der Waals surface area (Å²) in [6, 6.07) is 14.7. The summed E-state index contributed by atoms with van der Waals surface area (Å²) in [5.74, 6) is 1.44. The van der Waals surface area contributed by atoms with E-state index in [-0.39, 0.29) is 0 Å². The maximum atomic E-state index is 4.69. The molecule has 0 amide bonds. The summed E-state index contributed by atoms with van der Waals surface area (Å²) in [6.45, 7) is 4.37. The highest BCUT2D eigenvalue weighted by molar-refractivity contribution is 6.08. The summed E-state index contributed by atoms with van der Waals surface area (Å²) in [5.41, 5.74) is 3.56. The Kier molecular flexibility index (Phi) is 2.93. The molecule has 3 heterocycles. The lowest BCUT2D eigenvalue weighted by Gasteiger charge is -2.09. The Hall–Kier alpha value is -2.68. The summed E-state index contributed by atoms with van der Waals surface area (Å²) in [4.78, 5) is 8.96. The molecule has 3 aromatic heterocycles. The van der Waals surface area contributed by atoms with E-state index in [0.29, 0.717) is 5.92 Å². The van der Waals surface area contributed by atoms with Crippen molar-refractivity contribution in [2.45, 2.75) is 19.8 Å². The number of para-hydroxylation sites is 1. The van der Waals surface area contributed by atoms with E-state index in [1.807, 2.05) is 24.7 Å². The van der Waals surface area contributed by atoms with E-state index in [1.165, 1.54) is 10.9 Å². The average Bonchev–Trinajstić information content (AvgIpc) is 2.89. The number of pyridine rings is 2. The first-order valence-corrected chi connectivity index (χ1v) is 7.55. The Labute approximate surface area is 129 Å². The van der Waals surface area contributed by atoms with E-state index in [4.69, 9.17) is 0 Å². The van der Waals surface area contributed by atoms with E-state index < -0.39 is 0 Å². The number of nitrogens with zero attached hydrogens (tertiary/aromatic N) is 3. The van der Waals surface area contributed by atoms with Gasteiger partial charge in [-0.05, 0) is 29.7 Å². The second-order valence-corrected chi connectivity index (χ2v) is 5.85. The van der Waals surface area contributed by atoms with Crippen LogP contribution in [0.5, 0.6) is 0 Å². The molecule has 0 atom stereocenters. The monoisotopic (exact) mass is 287 g/mol. The van der Waals surface area contributed by atoms with Crippen LogP contribution in [-0.2, 0) is 0 Å². The van der Waals surface area contributed by atoms with Gasteiger partial charge in [0.25, 0.3) is 0 Å². The fourth-order valence-corrected chi connectivity index (χ4v) is 2.93. The molecular formula is C19H17N3. The van der Waals surface area contributed by atoms with E-state index in [9.17, 15) is 0 Å². The van der Waals surface area contributed by atoms with Crippen molar-refractivity contribution in [2.24, 2.45) is 0 Å². The first kappa shape index (κ1) is 13.0. The van der Waals surface area contributed by atoms with E-state index >= 15 is 0 Å². The molecule has 3 nitrogen and oxygen atoms in total. The van der Waals surface area contributed by atoms with Crippen molar-refractivity contribution in [3.8, 4) is 5.82 Å². The number of aromatic nitrogens is 3. The molecule has 108 valence electrons. The molecule has 4 aromatic rings. The van der Waals surface area contributed by atoms with Crippen molar-refractivity contribution in [1.29, 1.82) is 0 Å². The van der Waals surface area contributed by atoms with Crippen molar-refractivity contribution in [1.82, 2.24) is 14.5 Å². The van der Waals surface area contributed by atoms with Crippen LogP contribution in [0.4, 0.5) is 0 Å². The van der Waals surface area contributed by atoms with Gasteiger partial charge in [-0.15, -0.1) is 0 Å². The fourth-order valence-electron chi connectivity index (χ4n) is 2.93. The minimum Gasteiger partial charge on any atom is -0.294 e. The normalized spacial score (nSPS) is 11.6. The van der Waals surface area contributed by atoms with Crippen LogP contribution in [0, 0.1) is 0 Å². The Morgan fingerprint density at radius 1 is 0.864 bits per heavy atom. The van der Waals surface area contributed by atoms with Gasteiger partial charge in [-0.3, -0.25) is 9.55 Å². The molecule has 0 aliphatic rings. The van der Waals surface area contributed by atoms with Crippen molar-refractivity contribution >= 4 is 21.8 Å². The van der Waals surface area contributed by atoms with Crippen LogP contribution in [0.25, 0.3) is 27.6 Å². The molecule has 0 unspecified atom stereocenters. The van der Waals surface area contributed by atoms with Gasteiger partial charge in [0.1, 0.15) is 5.82 Å². The quantitative estimate of drug-likeness (QED) is 0.535. The molecule has 0 radical (unpaired) electrons. The summed E-state index contributed by atoms with van der Waals surface area (Å²) in [7, 11) is 0. The molecule has 0 fully saturated rings. The van der Waals surface area contributed by atoms with E-state index in [2.05, 4.69) is 64.8 Å². The van der Waals surface area contributed by atoms with Gasteiger partial charge >= 0.3 is 0 Å². The Morgan fingerprint density at radius 2 is 1.68 bits per heavy atom. The number of benzene rings is 1. The van der Waals surface area contributed by atoms with Crippen molar-refractivity contribution in [3.05, 3.63) is 66.6 Å². The highest BCUT2D eigenvalue weighted by atomic mass is 15.1. The van der Waals surface area contributed by atoms with Crippen molar-refractivity contribution in [3.63, 3.8) is 0 Å². The zero-order valence-electron chi connectivity index (χ0n) is 12.7. The largest absolute Gasteiger partial charge is 0.294 e. The van der Waals surface area contributed by atoms with Crippen LogP contribution in [0.3, 0.4) is 0 Å². The Morgan fingerprint density at radius 3 is 2.45 bits per heavy atom. The number of fused-ring (bicyclic) bond motifs is 3. The first-order valence-electron chi connectivity index (χ1n) is 7.55. The molecule has 0 spiro atoms. The second kappa shape index (κ2) is 4.95. The van der Waals surface area contributed by atoms with Crippen LogP contribution in [-0.4, -0.2) is 14.5 Å². The molecule has 0 saturated carbocycles. The molecule has 1 aromatic carbocycles. The van der Waals surface area contributed by atoms with Gasteiger partial charge in [0.2, 0.25) is 0 Å². The molecule has 0 aliphatic heterocycles. The third kappa shape index (κ3) is 1.90. The maximum absolute atomic E-state index is 4.69. The van der Waals surface area contributed by atoms with E-state index in [0.717, 1.165) is 22.2 Å². The third-order valence-electron chi connectivity index (χ3n) is 4.14. The highest BCUT2D eigenvalue weighted by Gasteiger charge is 2.12. The average molecular weight is 287 g/mol. The van der Waals surface area contributed by atoms with Crippen LogP contribution in [0.15, 0.2) is 61.1 Å². The number of rotatable bonds is 2. The van der Waals surface area contributed by atoms with Gasteiger partial charge in [0, 0.05) is 29.4 Å². The highest BCUT2D eigenvalue weighted by Crippen LogP contribution is 2.30. The summed E-state index contributed by atoms with van der Waals surface area (Å²) >= 11 is 0. The van der Waals surface area contributed by atoms with Gasteiger partial charge in [-0.2, -0.15) is 0 Å². The molecule has 0 bridgehead atoms. The van der Waals surface area contributed by atoms with Crippen molar-refractivity contribution < 1.29 is 0 Å². The predicted octanol–water partition coefficient (Wildman–Crippen LogP) is 4.70. The first-order chi connectivity index (χ1) is 10.8. The maximum Gasteiger partial charge on any atom is 0.137 e. The van der Waals surface area contributed by atoms with E-state index in [1.54, 1.807) is 0 Å². The molecule has 4 rings (SSSR count). The third-order valence-corrected chi connectivity index (χ3v) is 4.14. The standard InChI is InChI=1S/C19H17N3/c1-13(2)14-7-8-19(21-11-14)22-17-6-4-3-5-15(17)16-12-20-10-9-18(16)22/h3-13H,1-2H3. The van der Waals surface area contributed by atoms with Crippen LogP contribution < -0.4 is 0 Å². The zero-order valence-corrected chi connectivity index (χ0v) is 12.7. The molecule has 0 N–H and O–H groups in total. The van der Waals surface area contributed by atoms with Crippen molar-refractivity contribution in [2.75, 3.05) is 0 Å². The van der Waals surface area contributed by atoms with Gasteiger partial charge < -0.3 is 0 Å². The topological polar surface area (TPSA) is 30.7 Å².